The second kappa shape index (κ2) is 5.82. The van der Waals surface area contributed by atoms with E-state index in [2.05, 4.69) is 15.3 Å². The number of nitrogens with zero attached hydrogens (tertiary/aromatic N) is 4. The lowest BCUT2D eigenvalue weighted by molar-refractivity contribution is -0.383. The summed E-state index contributed by atoms with van der Waals surface area (Å²) < 4.78 is 0. The van der Waals surface area contributed by atoms with Gasteiger partial charge in [0.2, 0.25) is 0 Å². The highest BCUT2D eigenvalue weighted by molar-refractivity contribution is 5.89. The molecule has 0 saturated heterocycles. The zero-order valence-corrected chi connectivity index (χ0v) is 11.1. The number of nitro groups is 1. The summed E-state index contributed by atoms with van der Waals surface area (Å²) in [6.07, 6.45) is 1.23. The number of hydrogen-bond acceptors (Lipinski definition) is 6. The molecule has 1 aromatic carbocycles. The molecule has 0 aliphatic rings. The molecule has 2 rings (SSSR count). The van der Waals surface area contributed by atoms with E-state index < -0.39 is 11.0 Å². The van der Waals surface area contributed by atoms with Crippen LogP contribution in [0, 0.1) is 10.1 Å². The van der Waals surface area contributed by atoms with Gasteiger partial charge in [0.25, 0.3) is 5.69 Å². The van der Waals surface area contributed by atoms with Crippen LogP contribution in [0.4, 0.5) is 27.8 Å². The predicted octanol–water partition coefficient (Wildman–Crippen LogP) is 1.64. The summed E-state index contributed by atoms with van der Waals surface area (Å²) in [5, 5.41) is 13.8. The molecule has 9 heteroatoms. The highest BCUT2D eigenvalue weighted by atomic mass is 16.6. The summed E-state index contributed by atoms with van der Waals surface area (Å²) in [7, 11) is 1.46. The van der Waals surface area contributed by atoms with Crippen LogP contribution in [0.1, 0.15) is 0 Å². The number of anilines is 3. The van der Waals surface area contributed by atoms with Crippen molar-refractivity contribution in [1.29, 1.82) is 0 Å². The number of nitrogens with one attached hydrogen (secondary N) is 1. The number of carbonyl (C=O) groups excluding carboxylic acids is 1. The second-order valence-corrected chi connectivity index (χ2v) is 4.06. The molecule has 3 N–H and O–H groups in total. The largest absolute Gasteiger partial charge is 0.351 e. The van der Waals surface area contributed by atoms with Crippen LogP contribution in [0.25, 0.3) is 0 Å². The number of carbonyl (C=O) groups is 1. The number of primary amides is 1. The molecule has 21 heavy (non-hydrogen) atoms. The number of urea groups is 1. The van der Waals surface area contributed by atoms with Gasteiger partial charge in [-0.15, -0.1) is 0 Å². The molecule has 9 nitrogen and oxygen atoms in total. The van der Waals surface area contributed by atoms with E-state index in [1.807, 2.05) is 0 Å². The maximum Gasteiger partial charge on any atom is 0.320 e. The third-order valence-electron chi connectivity index (χ3n) is 2.69. The Morgan fingerprint density at radius 2 is 2.10 bits per heavy atom. The van der Waals surface area contributed by atoms with Gasteiger partial charge >= 0.3 is 6.03 Å². The van der Waals surface area contributed by atoms with Gasteiger partial charge in [0.05, 0.1) is 4.92 Å². The fourth-order valence-corrected chi connectivity index (χ4v) is 1.59. The van der Waals surface area contributed by atoms with Gasteiger partial charge in [-0.3, -0.25) is 15.0 Å². The Morgan fingerprint density at radius 1 is 1.38 bits per heavy atom. The number of rotatable bonds is 4. The molecule has 108 valence electrons. The molecule has 0 aliphatic carbocycles. The van der Waals surface area contributed by atoms with Gasteiger partial charge in [-0.1, -0.05) is 12.1 Å². The molecule has 2 amide bonds. The second-order valence-electron chi connectivity index (χ2n) is 4.06. The number of nitro benzene ring substituents is 1. The number of nitrogens with two attached hydrogens (primary N) is 1. The molecule has 2 aromatic rings. The summed E-state index contributed by atoms with van der Waals surface area (Å²) in [5.41, 5.74) is 5.35. The van der Waals surface area contributed by atoms with Crippen LogP contribution in [0.2, 0.25) is 0 Å². The van der Waals surface area contributed by atoms with E-state index in [4.69, 9.17) is 5.73 Å². The summed E-state index contributed by atoms with van der Waals surface area (Å²) in [6.45, 7) is 0. The molecular formula is C12H12N6O3. The molecule has 0 radical (unpaired) electrons. The fourth-order valence-electron chi connectivity index (χ4n) is 1.59. The maximum atomic E-state index is 11.1. The van der Waals surface area contributed by atoms with Gasteiger partial charge in [0, 0.05) is 19.2 Å². The third-order valence-corrected chi connectivity index (χ3v) is 2.69. The fraction of sp³-hybridized carbons (Fsp3) is 0.0833. The molecule has 0 bridgehead atoms. The molecule has 0 spiro atoms. The molecule has 0 fully saturated rings. The normalized spacial score (nSPS) is 9.95. The lowest BCUT2D eigenvalue weighted by atomic mass is 10.2. The smallest absolute Gasteiger partial charge is 0.320 e. The number of aromatic nitrogens is 2. The number of amides is 2. The zero-order chi connectivity index (χ0) is 15.4. The molecule has 1 aromatic heterocycles. The van der Waals surface area contributed by atoms with Gasteiger partial charge in [-0.2, -0.15) is 0 Å². The van der Waals surface area contributed by atoms with Crippen LogP contribution in [0.3, 0.4) is 0 Å². The van der Waals surface area contributed by atoms with E-state index in [0.29, 0.717) is 5.82 Å². The number of benzene rings is 1. The standard InChI is InChI=1S/C12H12N6O3/c1-17(12(13)19)11-6-10(14-7-15-11)16-8-4-2-3-5-9(8)18(20)21/h2-7H,1H3,(H2,13,19)(H,14,15,16). The van der Waals surface area contributed by atoms with Crippen molar-refractivity contribution >= 4 is 29.0 Å². The van der Waals surface area contributed by atoms with Gasteiger partial charge < -0.3 is 11.1 Å². The van der Waals surface area contributed by atoms with Crippen molar-refractivity contribution in [3.8, 4) is 0 Å². The summed E-state index contributed by atoms with van der Waals surface area (Å²) in [6, 6.07) is 6.94. The first-order chi connectivity index (χ1) is 9.99. The van der Waals surface area contributed by atoms with Crippen LogP contribution in [0.5, 0.6) is 0 Å². The van der Waals surface area contributed by atoms with Crippen LogP contribution >= 0.6 is 0 Å². The van der Waals surface area contributed by atoms with Crippen molar-refractivity contribution < 1.29 is 9.72 Å². The Morgan fingerprint density at radius 3 is 2.76 bits per heavy atom. The van der Waals surface area contributed by atoms with Gasteiger partial charge in [-0.05, 0) is 6.07 Å². The number of hydrogen-bond donors (Lipinski definition) is 2. The van der Waals surface area contributed by atoms with Crippen molar-refractivity contribution in [3.05, 3.63) is 46.8 Å². The van der Waals surface area contributed by atoms with Crippen LogP contribution < -0.4 is 16.0 Å². The van der Waals surface area contributed by atoms with E-state index in [1.165, 1.54) is 25.5 Å². The summed E-state index contributed by atoms with van der Waals surface area (Å²) in [5.74, 6) is 0.584. The first-order valence-corrected chi connectivity index (χ1v) is 5.84. The molecule has 0 saturated carbocycles. The van der Waals surface area contributed by atoms with Crippen molar-refractivity contribution in [3.63, 3.8) is 0 Å². The van der Waals surface area contributed by atoms with Crippen molar-refractivity contribution in [1.82, 2.24) is 9.97 Å². The number of para-hydroxylation sites is 2. The van der Waals surface area contributed by atoms with Gasteiger partial charge in [-0.25, -0.2) is 14.8 Å². The lowest BCUT2D eigenvalue weighted by Crippen LogP contribution is -2.32. The van der Waals surface area contributed by atoms with Crippen LogP contribution in [-0.4, -0.2) is 28.0 Å². The Bertz CT molecular complexity index is 690. The first-order valence-electron chi connectivity index (χ1n) is 5.84. The van der Waals surface area contributed by atoms with Crippen molar-refractivity contribution in [2.24, 2.45) is 5.73 Å². The minimum absolute atomic E-state index is 0.0825. The zero-order valence-electron chi connectivity index (χ0n) is 11.1. The first kappa shape index (κ1) is 14.2. The predicted molar refractivity (Wildman–Crippen MR) is 76.4 cm³/mol. The monoisotopic (exact) mass is 288 g/mol. The van der Waals surface area contributed by atoms with Crippen molar-refractivity contribution in [2.75, 3.05) is 17.3 Å². The highest BCUT2D eigenvalue weighted by Gasteiger charge is 2.14. The van der Waals surface area contributed by atoms with E-state index in [0.717, 1.165) is 4.90 Å². The third kappa shape index (κ3) is 3.21. The quantitative estimate of drug-likeness (QED) is 0.650. The average molecular weight is 288 g/mol. The molecule has 0 unspecified atom stereocenters. The minimum atomic E-state index is -0.676. The molecular weight excluding hydrogens is 276 g/mol. The lowest BCUT2D eigenvalue weighted by Gasteiger charge is -2.13. The SMILES string of the molecule is CN(C(N)=O)c1cc(Nc2ccccc2[N+](=O)[O-])ncn1. The van der Waals surface area contributed by atoms with E-state index in [9.17, 15) is 14.9 Å². The Balaban J connectivity index is 2.31. The molecule has 0 atom stereocenters. The highest BCUT2D eigenvalue weighted by Crippen LogP contribution is 2.26. The molecule has 0 aliphatic heterocycles. The summed E-state index contributed by atoms with van der Waals surface area (Å²) >= 11 is 0. The van der Waals surface area contributed by atoms with Gasteiger partial charge in [0.1, 0.15) is 23.7 Å². The van der Waals surface area contributed by atoms with E-state index in [-0.39, 0.29) is 17.2 Å². The van der Waals surface area contributed by atoms with Gasteiger partial charge in [0.15, 0.2) is 0 Å². The average Bonchev–Trinajstić information content (AvgIpc) is 2.47. The minimum Gasteiger partial charge on any atom is -0.351 e. The maximum absolute atomic E-state index is 11.1. The Hall–Kier alpha value is -3.23. The molecule has 1 heterocycles. The van der Waals surface area contributed by atoms with Crippen LogP contribution in [0.15, 0.2) is 36.7 Å². The van der Waals surface area contributed by atoms with E-state index in [1.54, 1.807) is 18.2 Å². The Kier molecular flexibility index (Phi) is 3.93. The van der Waals surface area contributed by atoms with Crippen molar-refractivity contribution in [2.45, 2.75) is 0 Å². The van der Waals surface area contributed by atoms with E-state index >= 15 is 0 Å². The topological polar surface area (TPSA) is 127 Å². The van der Waals surface area contributed by atoms with Crippen LogP contribution in [-0.2, 0) is 0 Å². The Labute approximate surface area is 119 Å². The summed E-state index contributed by atoms with van der Waals surface area (Å²) in [4.78, 5) is 30.5.